The van der Waals surface area contributed by atoms with Crippen molar-refractivity contribution in [1.82, 2.24) is 0 Å². The summed E-state index contributed by atoms with van der Waals surface area (Å²) in [4.78, 5) is 13.1. The van der Waals surface area contributed by atoms with Gasteiger partial charge in [-0.15, -0.1) is 0 Å². The summed E-state index contributed by atoms with van der Waals surface area (Å²) in [5.74, 6) is -0.379. The first kappa shape index (κ1) is 68.3. The molecule has 0 saturated carbocycles. The highest BCUT2D eigenvalue weighted by Gasteiger charge is 2.47. The monoisotopic (exact) mass is 1050 g/mol. The van der Waals surface area contributed by atoms with Gasteiger partial charge in [-0.25, -0.2) is 0 Å². The van der Waals surface area contributed by atoms with Crippen molar-refractivity contribution < 1.29 is 69.0 Å². The van der Waals surface area contributed by atoms with E-state index in [9.17, 15) is 40.5 Å². The molecule has 2 saturated heterocycles. The van der Waals surface area contributed by atoms with Crippen molar-refractivity contribution in [3.05, 3.63) is 36.5 Å². The van der Waals surface area contributed by atoms with E-state index in [-0.39, 0.29) is 25.6 Å². The van der Waals surface area contributed by atoms with E-state index in [4.69, 9.17) is 28.4 Å². The lowest BCUT2D eigenvalue weighted by Crippen LogP contribution is -2.61. The lowest BCUT2D eigenvalue weighted by Gasteiger charge is -2.42. The Kier molecular flexibility index (Phi) is 43.6. The Bertz CT molecular complexity index is 1360. The molecule has 14 heteroatoms. The molecular weight excluding hydrogens is 945 g/mol. The second-order valence-electron chi connectivity index (χ2n) is 21.2. The van der Waals surface area contributed by atoms with Gasteiger partial charge >= 0.3 is 5.97 Å². The third-order valence-corrected chi connectivity index (χ3v) is 14.4. The molecule has 0 aliphatic carbocycles. The third-order valence-electron chi connectivity index (χ3n) is 14.4. The number of aliphatic hydroxyl groups excluding tert-OH is 7. The Balaban J connectivity index is 1.70. The average molecular weight is 1060 g/mol. The van der Waals surface area contributed by atoms with Crippen LogP contribution in [0.25, 0.3) is 0 Å². The molecule has 11 unspecified atom stereocenters. The Morgan fingerprint density at radius 1 is 0.446 bits per heavy atom. The Morgan fingerprint density at radius 3 is 1.31 bits per heavy atom. The average Bonchev–Trinajstić information content (AvgIpc) is 3.40. The van der Waals surface area contributed by atoms with Gasteiger partial charge in [0.2, 0.25) is 0 Å². The normalized spacial score (nSPS) is 25.0. The lowest BCUT2D eigenvalue weighted by molar-refractivity contribution is -0.332. The van der Waals surface area contributed by atoms with Crippen molar-refractivity contribution in [2.24, 2.45) is 0 Å². The standard InChI is InChI=1S/C60H110O14/c1-3-5-7-9-11-13-15-17-19-21-23-24-25-26-28-30-32-34-36-38-40-42-44-69-46-49(72-52(62)43-41-39-37-35-33-31-29-27-22-20-18-16-14-12-10-8-6-4-2)47-70-59-58(68)56(66)54(64)51(74-59)48-71-60-57(67)55(65)53(63)50(45-61)73-60/h15,17,20-23,49-51,53-61,63-68H,3-14,16,18-19,24-48H2,1-2H3/b17-15-,22-20-,23-21-. The van der Waals surface area contributed by atoms with Gasteiger partial charge in [-0.05, 0) is 70.6 Å². The molecule has 0 bridgehead atoms. The van der Waals surface area contributed by atoms with Gasteiger partial charge in [0, 0.05) is 13.0 Å². The van der Waals surface area contributed by atoms with Crippen molar-refractivity contribution in [2.45, 2.75) is 306 Å². The maximum Gasteiger partial charge on any atom is 0.306 e. The van der Waals surface area contributed by atoms with Crippen LogP contribution in [0.1, 0.15) is 239 Å². The highest BCUT2D eigenvalue weighted by molar-refractivity contribution is 5.69. The van der Waals surface area contributed by atoms with E-state index in [2.05, 4.69) is 50.3 Å². The Morgan fingerprint density at radius 2 is 0.838 bits per heavy atom. The minimum absolute atomic E-state index is 0.0593. The number of rotatable bonds is 49. The summed E-state index contributed by atoms with van der Waals surface area (Å²) in [7, 11) is 0. The van der Waals surface area contributed by atoms with E-state index in [1.807, 2.05) is 0 Å². The first-order chi connectivity index (χ1) is 36.1. The number of ether oxygens (including phenoxy) is 6. The molecule has 0 aromatic heterocycles. The highest BCUT2D eigenvalue weighted by Crippen LogP contribution is 2.27. The van der Waals surface area contributed by atoms with E-state index < -0.39 is 80.7 Å². The third kappa shape index (κ3) is 33.5. The number of allylic oxidation sites excluding steroid dienone is 6. The molecule has 11 atom stereocenters. The smallest absolute Gasteiger partial charge is 0.306 e. The SMILES string of the molecule is CCCCCCC/C=C\C/C=C\CCCCCCCCCCCCOCC(COC1OC(COC2OC(CO)C(O)C(O)C2O)C(O)C(O)C1O)OC(=O)CCCCCCCCC/C=C\CCCCCCCCC. The van der Waals surface area contributed by atoms with Crippen molar-refractivity contribution in [3.63, 3.8) is 0 Å². The van der Waals surface area contributed by atoms with Gasteiger partial charge < -0.3 is 64.2 Å². The van der Waals surface area contributed by atoms with Gasteiger partial charge in [-0.3, -0.25) is 4.79 Å². The second-order valence-corrected chi connectivity index (χ2v) is 21.2. The largest absolute Gasteiger partial charge is 0.457 e. The highest BCUT2D eigenvalue weighted by atomic mass is 16.7. The molecule has 0 amide bonds. The molecule has 14 nitrogen and oxygen atoms in total. The van der Waals surface area contributed by atoms with Crippen LogP contribution < -0.4 is 0 Å². The van der Waals surface area contributed by atoms with Gasteiger partial charge in [0.1, 0.15) is 54.9 Å². The number of unbranched alkanes of at least 4 members (excludes halogenated alkanes) is 29. The van der Waals surface area contributed by atoms with Crippen molar-refractivity contribution in [1.29, 1.82) is 0 Å². The van der Waals surface area contributed by atoms with Gasteiger partial charge in [0.15, 0.2) is 12.6 Å². The molecule has 0 radical (unpaired) electrons. The zero-order chi connectivity index (χ0) is 53.7. The van der Waals surface area contributed by atoms with E-state index in [0.29, 0.717) is 13.0 Å². The predicted molar refractivity (Wildman–Crippen MR) is 293 cm³/mol. The van der Waals surface area contributed by atoms with E-state index in [1.54, 1.807) is 0 Å². The maximum atomic E-state index is 13.1. The molecule has 0 aromatic rings. The van der Waals surface area contributed by atoms with Crippen LogP contribution in [0, 0.1) is 0 Å². The summed E-state index contributed by atoms with van der Waals surface area (Å²) in [5, 5.41) is 72.4. The van der Waals surface area contributed by atoms with Crippen molar-refractivity contribution >= 4 is 5.97 Å². The van der Waals surface area contributed by atoms with Crippen LogP contribution in [0.4, 0.5) is 0 Å². The molecule has 0 spiro atoms. The zero-order valence-corrected chi connectivity index (χ0v) is 46.6. The van der Waals surface area contributed by atoms with Crippen LogP contribution in [0.15, 0.2) is 36.5 Å². The fraction of sp³-hybridized carbons (Fsp3) is 0.883. The fourth-order valence-corrected chi connectivity index (χ4v) is 9.49. The predicted octanol–water partition coefficient (Wildman–Crippen LogP) is 10.9. The number of hydrogen-bond donors (Lipinski definition) is 7. The molecule has 434 valence electrons. The maximum absolute atomic E-state index is 13.1. The van der Waals surface area contributed by atoms with Crippen LogP contribution in [-0.4, -0.2) is 142 Å². The van der Waals surface area contributed by atoms with E-state index in [0.717, 1.165) is 51.4 Å². The molecule has 74 heavy (non-hydrogen) atoms. The van der Waals surface area contributed by atoms with Crippen LogP contribution in [0.3, 0.4) is 0 Å². The van der Waals surface area contributed by atoms with Crippen LogP contribution in [-0.2, 0) is 33.2 Å². The molecule has 2 heterocycles. The Hall–Kier alpha value is -1.79. The first-order valence-corrected chi connectivity index (χ1v) is 30.1. The molecule has 7 N–H and O–H groups in total. The van der Waals surface area contributed by atoms with Gasteiger partial charge in [-0.2, -0.15) is 0 Å². The van der Waals surface area contributed by atoms with Crippen LogP contribution in [0.2, 0.25) is 0 Å². The summed E-state index contributed by atoms with van der Waals surface area (Å²) in [6.45, 7) is 3.70. The van der Waals surface area contributed by atoms with E-state index >= 15 is 0 Å². The number of esters is 1. The number of hydrogen-bond acceptors (Lipinski definition) is 14. The fourth-order valence-electron chi connectivity index (χ4n) is 9.49. The molecule has 0 aromatic carbocycles. The molecule has 2 aliphatic rings. The Labute approximate surface area is 449 Å². The van der Waals surface area contributed by atoms with Gasteiger partial charge in [0.25, 0.3) is 0 Å². The van der Waals surface area contributed by atoms with Crippen molar-refractivity contribution in [2.75, 3.05) is 33.0 Å². The van der Waals surface area contributed by atoms with Crippen LogP contribution >= 0.6 is 0 Å². The first-order valence-electron chi connectivity index (χ1n) is 30.1. The molecular formula is C60H110O14. The van der Waals surface area contributed by atoms with Crippen LogP contribution in [0.5, 0.6) is 0 Å². The zero-order valence-electron chi connectivity index (χ0n) is 46.6. The quantitative estimate of drug-likeness (QED) is 0.0172. The van der Waals surface area contributed by atoms with Gasteiger partial charge in [-0.1, -0.05) is 198 Å². The van der Waals surface area contributed by atoms with E-state index in [1.165, 1.54) is 161 Å². The summed E-state index contributed by atoms with van der Waals surface area (Å²) in [6.07, 6.45) is 39.1. The van der Waals surface area contributed by atoms with Gasteiger partial charge in [0.05, 0.1) is 26.4 Å². The second kappa shape index (κ2) is 47.2. The summed E-state index contributed by atoms with van der Waals surface area (Å²) in [6, 6.07) is 0. The number of carbonyl (C=O) groups is 1. The lowest BCUT2D eigenvalue weighted by atomic mass is 9.98. The minimum atomic E-state index is -1.71. The summed E-state index contributed by atoms with van der Waals surface area (Å²) in [5.41, 5.74) is 0. The summed E-state index contributed by atoms with van der Waals surface area (Å²) >= 11 is 0. The molecule has 2 fully saturated rings. The molecule has 2 aliphatic heterocycles. The van der Waals surface area contributed by atoms with Crippen molar-refractivity contribution in [3.8, 4) is 0 Å². The topological polar surface area (TPSA) is 214 Å². The number of carbonyl (C=O) groups excluding carboxylic acids is 1. The molecule has 2 rings (SSSR count). The minimum Gasteiger partial charge on any atom is -0.457 e. The number of aliphatic hydroxyl groups is 7. The summed E-state index contributed by atoms with van der Waals surface area (Å²) < 4.78 is 34.4.